The molecule has 2 radical (unpaired) electrons. The Hall–Kier alpha value is -2.28. The molecule has 0 saturated heterocycles. The van der Waals surface area contributed by atoms with Crippen LogP contribution in [0.5, 0.6) is 0 Å². The van der Waals surface area contributed by atoms with Crippen LogP contribution >= 0.6 is 0 Å². The van der Waals surface area contributed by atoms with Crippen molar-refractivity contribution >= 4 is 13.3 Å². The molecule has 0 spiro atoms. The van der Waals surface area contributed by atoms with E-state index in [0.717, 1.165) is 16.6 Å². The van der Waals surface area contributed by atoms with Crippen molar-refractivity contribution in [2.75, 3.05) is 0 Å². The summed E-state index contributed by atoms with van der Waals surface area (Å²) in [6.07, 6.45) is 0. The highest BCUT2D eigenvalue weighted by atomic mass is 14.0. The van der Waals surface area contributed by atoms with Gasteiger partial charge >= 0.3 is 0 Å². The molecular weight excluding hydrogens is 227 g/mol. The molecule has 0 amide bonds. The molecule has 88 valence electrons. The van der Waals surface area contributed by atoms with Gasteiger partial charge in [0.1, 0.15) is 7.85 Å². The molecule has 3 rings (SSSR count). The second-order valence-electron chi connectivity index (χ2n) is 4.53. The maximum absolute atomic E-state index is 6.00. The molecule has 1 heteroatoms. The highest BCUT2D eigenvalue weighted by Gasteiger charge is 2.01. The normalized spacial score (nSPS) is 10.3. The third-order valence-corrected chi connectivity index (χ3v) is 3.26. The van der Waals surface area contributed by atoms with Crippen LogP contribution in [0.1, 0.15) is 0 Å². The van der Waals surface area contributed by atoms with E-state index >= 15 is 0 Å². The topological polar surface area (TPSA) is 0 Å². The molecule has 0 aliphatic heterocycles. The van der Waals surface area contributed by atoms with E-state index in [9.17, 15) is 0 Å². The number of hydrogen-bond donors (Lipinski definition) is 0. The summed E-state index contributed by atoms with van der Waals surface area (Å²) in [6.45, 7) is 0. The van der Waals surface area contributed by atoms with Crippen molar-refractivity contribution in [1.82, 2.24) is 0 Å². The van der Waals surface area contributed by atoms with Crippen molar-refractivity contribution in [3.8, 4) is 22.3 Å². The Labute approximate surface area is 115 Å². The highest BCUT2D eigenvalue weighted by Crippen LogP contribution is 2.23. The van der Waals surface area contributed by atoms with Crippen molar-refractivity contribution in [1.29, 1.82) is 0 Å². The largest absolute Gasteiger partial charge is 0.114 e. The Morgan fingerprint density at radius 1 is 0.474 bits per heavy atom. The van der Waals surface area contributed by atoms with Crippen LogP contribution < -0.4 is 5.46 Å². The Bertz CT molecular complexity index is 670. The van der Waals surface area contributed by atoms with Gasteiger partial charge in [0.2, 0.25) is 0 Å². The molecule has 0 heterocycles. The molecule has 0 saturated carbocycles. The molecule has 3 aromatic carbocycles. The van der Waals surface area contributed by atoms with Gasteiger partial charge < -0.3 is 0 Å². The minimum atomic E-state index is 0.815. The van der Waals surface area contributed by atoms with E-state index in [2.05, 4.69) is 48.5 Å². The average Bonchev–Trinajstić information content (AvgIpc) is 2.49. The van der Waals surface area contributed by atoms with Crippen LogP contribution in [0.4, 0.5) is 0 Å². The van der Waals surface area contributed by atoms with Crippen LogP contribution in [0.3, 0.4) is 0 Å². The van der Waals surface area contributed by atoms with Gasteiger partial charge in [0.05, 0.1) is 0 Å². The van der Waals surface area contributed by atoms with Crippen LogP contribution in [0, 0.1) is 0 Å². The van der Waals surface area contributed by atoms with Gasteiger partial charge in [-0.05, 0) is 22.3 Å². The number of rotatable bonds is 2. The zero-order valence-corrected chi connectivity index (χ0v) is 10.6. The minimum absolute atomic E-state index is 0.815. The van der Waals surface area contributed by atoms with E-state index in [4.69, 9.17) is 7.85 Å². The molecule has 0 nitrogen and oxygen atoms in total. The van der Waals surface area contributed by atoms with E-state index in [-0.39, 0.29) is 0 Å². The second-order valence-corrected chi connectivity index (χ2v) is 4.53. The lowest BCUT2D eigenvalue weighted by molar-refractivity contribution is 1.60. The third-order valence-electron chi connectivity index (χ3n) is 3.26. The van der Waals surface area contributed by atoms with Crippen LogP contribution in [-0.4, -0.2) is 7.85 Å². The number of hydrogen-bond acceptors (Lipinski definition) is 0. The van der Waals surface area contributed by atoms with Gasteiger partial charge in [-0.2, -0.15) is 0 Å². The average molecular weight is 240 g/mol. The zero-order valence-electron chi connectivity index (χ0n) is 10.6. The van der Waals surface area contributed by atoms with Crippen molar-refractivity contribution < 1.29 is 0 Å². The van der Waals surface area contributed by atoms with Gasteiger partial charge in [-0.25, -0.2) is 0 Å². The fourth-order valence-corrected chi connectivity index (χ4v) is 2.23. The third kappa shape index (κ3) is 2.46. The predicted octanol–water partition coefficient (Wildman–Crippen LogP) is 3.81. The summed E-state index contributed by atoms with van der Waals surface area (Å²) in [7, 11) is 6.00. The summed E-state index contributed by atoms with van der Waals surface area (Å²) in [5, 5.41) is 0. The van der Waals surface area contributed by atoms with Crippen molar-refractivity contribution in [2.45, 2.75) is 0 Å². The van der Waals surface area contributed by atoms with Crippen LogP contribution in [0.25, 0.3) is 22.3 Å². The van der Waals surface area contributed by atoms with Gasteiger partial charge in [0.25, 0.3) is 0 Å². The van der Waals surface area contributed by atoms with E-state index in [1.54, 1.807) is 0 Å². The maximum atomic E-state index is 6.00. The van der Waals surface area contributed by atoms with Gasteiger partial charge in [0, 0.05) is 0 Å². The van der Waals surface area contributed by atoms with Gasteiger partial charge in [-0.15, -0.1) is 0 Å². The summed E-state index contributed by atoms with van der Waals surface area (Å²) in [6, 6.07) is 26.8. The summed E-state index contributed by atoms with van der Waals surface area (Å²) in [5.41, 5.74) is 5.50. The molecule has 0 atom stereocenters. The monoisotopic (exact) mass is 240 g/mol. The second kappa shape index (κ2) is 5.15. The fraction of sp³-hybridized carbons (Fsp3) is 0. The SMILES string of the molecule is [B]c1ccccc1-c1ccc(-c2ccccc2)cc1. The highest BCUT2D eigenvalue weighted by molar-refractivity contribution is 6.35. The van der Waals surface area contributed by atoms with Crippen molar-refractivity contribution in [3.05, 3.63) is 78.9 Å². The minimum Gasteiger partial charge on any atom is -0.0890 e. The quantitative estimate of drug-likeness (QED) is 0.597. The van der Waals surface area contributed by atoms with E-state index in [1.165, 1.54) is 11.1 Å². The van der Waals surface area contributed by atoms with E-state index in [0.29, 0.717) is 0 Å². The lowest BCUT2D eigenvalue weighted by Crippen LogP contribution is -2.05. The molecule has 0 bridgehead atoms. The summed E-state index contributed by atoms with van der Waals surface area (Å²) in [4.78, 5) is 0. The molecule has 19 heavy (non-hydrogen) atoms. The molecule has 0 fully saturated rings. The predicted molar refractivity (Wildman–Crippen MR) is 82.7 cm³/mol. The lowest BCUT2D eigenvalue weighted by Gasteiger charge is -2.07. The first-order chi connectivity index (χ1) is 9.34. The van der Waals surface area contributed by atoms with Gasteiger partial charge in [-0.1, -0.05) is 84.3 Å². The lowest BCUT2D eigenvalue weighted by atomic mass is 9.87. The molecule has 0 aromatic heterocycles. The Morgan fingerprint density at radius 2 is 1.00 bits per heavy atom. The van der Waals surface area contributed by atoms with Crippen LogP contribution in [-0.2, 0) is 0 Å². The van der Waals surface area contributed by atoms with Crippen molar-refractivity contribution in [3.63, 3.8) is 0 Å². The summed E-state index contributed by atoms with van der Waals surface area (Å²) in [5.74, 6) is 0. The molecule has 0 unspecified atom stereocenters. The Kier molecular flexibility index (Phi) is 3.20. The molecular formula is C18H13B. The van der Waals surface area contributed by atoms with Crippen LogP contribution in [0.2, 0.25) is 0 Å². The first kappa shape index (κ1) is 11.8. The maximum Gasteiger partial charge on any atom is 0.114 e. The smallest absolute Gasteiger partial charge is 0.0890 e. The zero-order chi connectivity index (χ0) is 13.1. The summed E-state index contributed by atoms with van der Waals surface area (Å²) >= 11 is 0. The molecule has 0 aliphatic rings. The first-order valence-corrected chi connectivity index (χ1v) is 6.35. The fourth-order valence-electron chi connectivity index (χ4n) is 2.23. The Morgan fingerprint density at radius 3 is 1.68 bits per heavy atom. The summed E-state index contributed by atoms with van der Waals surface area (Å²) < 4.78 is 0. The van der Waals surface area contributed by atoms with Gasteiger partial charge in [-0.3, -0.25) is 0 Å². The van der Waals surface area contributed by atoms with E-state index in [1.807, 2.05) is 30.3 Å². The van der Waals surface area contributed by atoms with Gasteiger partial charge in [0.15, 0.2) is 0 Å². The number of benzene rings is 3. The molecule has 0 N–H and O–H groups in total. The molecule has 0 aliphatic carbocycles. The Balaban J connectivity index is 1.98. The van der Waals surface area contributed by atoms with Crippen LogP contribution in [0.15, 0.2) is 78.9 Å². The standard InChI is InChI=1S/C18H13B/c19-18-9-5-4-8-17(18)16-12-10-15(11-13-16)14-6-2-1-3-7-14/h1-13H. The molecule has 3 aromatic rings. The van der Waals surface area contributed by atoms with Crippen molar-refractivity contribution in [2.24, 2.45) is 0 Å². The van der Waals surface area contributed by atoms with E-state index < -0.39 is 0 Å². The first-order valence-electron chi connectivity index (χ1n) is 6.35.